The summed E-state index contributed by atoms with van der Waals surface area (Å²) in [6, 6.07) is 0. The van der Waals surface area contributed by atoms with E-state index in [1.807, 2.05) is 26.5 Å². The van der Waals surface area contributed by atoms with Crippen molar-refractivity contribution >= 4 is 39.4 Å². The van der Waals surface area contributed by atoms with E-state index in [0.717, 1.165) is 30.9 Å². The monoisotopic (exact) mass is 417 g/mol. The predicted octanol–water partition coefficient (Wildman–Crippen LogP) is 3.74. The molecule has 1 amide bonds. The Balaban J connectivity index is 1.59. The van der Waals surface area contributed by atoms with Crippen LogP contribution in [0.3, 0.4) is 0 Å². The van der Waals surface area contributed by atoms with Gasteiger partial charge in [-0.05, 0) is 32.1 Å². The predicted molar refractivity (Wildman–Crippen MR) is 109 cm³/mol. The molecule has 2 heterocycles. The second-order valence-corrected chi connectivity index (χ2v) is 10.6. The molecule has 2 aliphatic heterocycles. The zero-order valence-electron chi connectivity index (χ0n) is 16.1. The Bertz CT molecular complexity index is 514. The van der Waals surface area contributed by atoms with Crippen LogP contribution in [0.1, 0.15) is 64.7 Å². The summed E-state index contributed by atoms with van der Waals surface area (Å²) in [4.78, 5) is 36.4. The number of unbranched alkanes of at least 4 members (excludes halogenated alkanes) is 1. The van der Waals surface area contributed by atoms with Gasteiger partial charge >= 0.3 is 11.9 Å². The molecule has 2 saturated heterocycles. The molecule has 1 atom stereocenters. The Kier molecular flexibility index (Phi) is 9.29. The van der Waals surface area contributed by atoms with Crippen molar-refractivity contribution in [1.82, 2.24) is 4.90 Å². The number of carboxylic acid groups (broad SMARTS) is 1. The van der Waals surface area contributed by atoms with Crippen LogP contribution in [0.2, 0.25) is 0 Å². The third kappa shape index (κ3) is 8.34. The molecule has 0 aromatic rings. The lowest BCUT2D eigenvalue weighted by Crippen LogP contribution is -2.44. The molecule has 0 spiro atoms. The van der Waals surface area contributed by atoms with Crippen LogP contribution in [0.5, 0.6) is 0 Å². The van der Waals surface area contributed by atoms with Crippen LogP contribution in [0, 0.1) is 5.41 Å². The Hall–Kier alpha value is -0.890. The first-order valence-electron chi connectivity index (χ1n) is 9.81. The molecule has 27 heavy (non-hydrogen) atoms. The molecular formula is C19H31NO5S2. The quantitative estimate of drug-likeness (QED) is 0.329. The molecule has 0 unspecified atom stereocenters. The SMILES string of the molecule is CC1(COC(=O)CCC(=O)O)CCN(C(=O)CCCC[C@@H]2CCSS2)CC1. The minimum Gasteiger partial charge on any atom is -0.481 e. The fourth-order valence-electron chi connectivity index (χ4n) is 3.35. The molecule has 1 N–H and O–H groups in total. The van der Waals surface area contributed by atoms with Gasteiger partial charge in [-0.2, -0.15) is 0 Å². The largest absolute Gasteiger partial charge is 0.481 e. The number of rotatable bonds is 10. The van der Waals surface area contributed by atoms with E-state index in [-0.39, 0.29) is 24.2 Å². The van der Waals surface area contributed by atoms with E-state index in [0.29, 0.717) is 26.1 Å². The second kappa shape index (κ2) is 11.2. The molecular weight excluding hydrogens is 386 g/mol. The number of amides is 1. The molecule has 2 fully saturated rings. The first-order chi connectivity index (χ1) is 12.9. The first-order valence-corrected chi connectivity index (χ1v) is 12.2. The highest BCUT2D eigenvalue weighted by molar-refractivity contribution is 8.77. The highest BCUT2D eigenvalue weighted by Crippen LogP contribution is 2.40. The number of piperidine rings is 1. The zero-order chi connectivity index (χ0) is 19.7. The van der Waals surface area contributed by atoms with Crippen molar-refractivity contribution in [3.8, 4) is 0 Å². The van der Waals surface area contributed by atoms with E-state index in [1.54, 1.807) is 0 Å². The van der Waals surface area contributed by atoms with Gasteiger partial charge in [-0.15, -0.1) is 0 Å². The molecule has 154 valence electrons. The van der Waals surface area contributed by atoms with E-state index >= 15 is 0 Å². The van der Waals surface area contributed by atoms with Gasteiger partial charge < -0.3 is 14.7 Å². The Morgan fingerprint density at radius 3 is 2.52 bits per heavy atom. The molecule has 0 bridgehead atoms. The van der Waals surface area contributed by atoms with Gasteiger partial charge in [-0.25, -0.2) is 0 Å². The Labute approximate surface area is 169 Å². The van der Waals surface area contributed by atoms with Crippen LogP contribution in [0.25, 0.3) is 0 Å². The van der Waals surface area contributed by atoms with Crippen molar-refractivity contribution in [2.24, 2.45) is 5.41 Å². The summed E-state index contributed by atoms with van der Waals surface area (Å²) in [5.41, 5.74) is -0.132. The number of esters is 1. The van der Waals surface area contributed by atoms with Crippen molar-refractivity contribution < 1.29 is 24.2 Å². The lowest BCUT2D eigenvalue weighted by molar-refractivity contribution is -0.151. The maximum atomic E-state index is 12.4. The van der Waals surface area contributed by atoms with Crippen molar-refractivity contribution in [2.75, 3.05) is 25.4 Å². The van der Waals surface area contributed by atoms with Crippen LogP contribution >= 0.6 is 21.6 Å². The summed E-state index contributed by atoms with van der Waals surface area (Å²) in [6.45, 7) is 3.77. The van der Waals surface area contributed by atoms with Crippen molar-refractivity contribution in [3.63, 3.8) is 0 Å². The Morgan fingerprint density at radius 1 is 1.15 bits per heavy atom. The summed E-state index contributed by atoms with van der Waals surface area (Å²) >= 11 is 0. The van der Waals surface area contributed by atoms with Gasteiger partial charge in [-0.1, -0.05) is 34.9 Å². The maximum Gasteiger partial charge on any atom is 0.306 e. The smallest absolute Gasteiger partial charge is 0.306 e. The number of likely N-dealkylation sites (tertiary alicyclic amines) is 1. The number of carboxylic acids is 1. The number of aliphatic carboxylic acids is 1. The molecule has 0 radical (unpaired) electrons. The molecule has 0 aromatic heterocycles. The van der Waals surface area contributed by atoms with E-state index in [2.05, 4.69) is 6.92 Å². The zero-order valence-corrected chi connectivity index (χ0v) is 17.7. The van der Waals surface area contributed by atoms with Crippen LogP contribution in [0.4, 0.5) is 0 Å². The van der Waals surface area contributed by atoms with Crippen LogP contribution < -0.4 is 0 Å². The molecule has 0 saturated carbocycles. The second-order valence-electron chi connectivity index (χ2n) is 7.82. The summed E-state index contributed by atoms with van der Waals surface area (Å²) in [5, 5.41) is 9.37. The van der Waals surface area contributed by atoms with E-state index in [1.165, 1.54) is 18.6 Å². The summed E-state index contributed by atoms with van der Waals surface area (Å²) in [5.74, 6) is 0.0427. The van der Waals surface area contributed by atoms with Crippen LogP contribution in [-0.2, 0) is 19.1 Å². The fourth-order valence-corrected chi connectivity index (χ4v) is 6.37. The van der Waals surface area contributed by atoms with Crippen molar-refractivity contribution in [2.45, 2.75) is 70.0 Å². The minimum atomic E-state index is -0.995. The number of hydrogen-bond acceptors (Lipinski definition) is 6. The molecule has 0 aliphatic carbocycles. The molecule has 8 heteroatoms. The van der Waals surface area contributed by atoms with Crippen molar-refractivity contribution in [1.29, 1.82) is 0 Å². The Morgan fingerprint density at radius 2 is 1.89 bits per heavy atom. The number of ether oxygens (including phenoxy) is 1. The van der Waals surface area contributed by atoms with Gasteiger partial charge in [-0.3, -0.25) is 14.4 Å². The summed E-state index contributed by atoms with van der Waals surface area (Å²) in [6.07, 6.45) is 6.57. The van der Waals surface area contributed by atoms with Gasteiger partial charge in [0, 0.05) is 35.9 Å². The van der Waals surface area contributed by atoms with Gasteiger partial charge in [0.2, 0.25) is 5.91 Å². The van der Waals surface area contributed by atoms with Gasteiger partial charge in [0.25, 0.3) is 0 Å². The number of carbonyl (C=O) groups is 3. The third-order valence-electron chi connectivity index (χ3n) is 5.34. The number of nitrogens with zero attached hydrogens (tertiary/aromatic N) is 1. The first kappa shape index (κ1) is 22.4. The van der Waals surface area contributed by atoms with Crippen LogP contribution in [-0.4, -0.2) is 58.6 Å². The van der Waals surface area contributed by atoms with E-state index < -0.39 is 11.9 Å². The average molecular weight is 418 g/mol. The minimum absolute atomic E-state index is 0.0892. The molecule has 0 aromatic carbocycles. The fraction of sp³-hybridized carbons (Fsp3) is 0.842. The summed E-state index contributed by atoms with van der Waals surface area (Å²) in [7, 11) is 3.96. The molecule has 2 rings (SSSR count). The third-order valence-corrected chi connectivity index (χ3v) is 8.35. The lowest BCUT2D eigenvalue weighted by atomic mass is 9.81. The van der Waals surface area contributed by atoms with E-state index in [4.69, 9.17) is 9.84 Å². The number of carbonyl (C=O) groups excluding carboxylic acids is 2. The lowest BCUT2D eigenvalue weighted by Gasteiger charge is -2.39. The van der Waals surface area contributed by atoms with Gasteiger partial charge in [0.05, 0.1) is 19.4 Å². The topological polar surface area (TPSA) is 83.9 Å². The van der Waals surface area contributed by atoms with Crippen LogP contribution in [0.15, 0.2) is 0 Å². The maximum absolute atomic E-state index is 12.4. The standard InChI is InChI=1S/C19H31NO5S2/c1-19(14-25-18(24)7-6-17(22)23)9-11-20(12-10-19)16(21)5-3-2-4-15-8-13-26-27-15/h15H,2-14H2,1H3,(H,22,23)/t15-/m1/s1. The molecule has 6 nitrogen and oxygen atoms in total. The van der Waals surface area contributed by atoms with Crippen molar-refractivity contribution in [3.05, 3.63) is 0 Å². The highest BCUT2D eigenvalue weighted by atomic mass is 33.1. The summed E-state index contributed by atoms with van der Waals surface area (Å²) < 4.78 is 5.25. The average Bonchev–Trinajstić information content (AvgIpc) is 3.16. The molecule has 2 aliphatic rings. The van der Waals surface area contributed by atoms with Gasteiger partial charge in [0.15, 0.2) is 0 Å². The normalized spacial score (nSPS) is 21.8. The van der Waals surface area contributed by atoms with E-state index in [9.17, 15) is 14.4 Å². The highest BCUT2D eigenvalue weighted by Gasteiger charge is 2.33. The number of hydrogen-bond donors (Lipinski definition) is 1. The van der Waals surface area contributed by atoms with Gasteiger partial charge in [0.1, 0.15) is 0 Å².